The molecule has 0 aliphatic heterocycles. The van der Waals surface area contributed by atoms with Gasteiger partial charge in [-0.2, -0.15) is 0 Å². The predicted molar refractivity (Wildman–Crippen MR) is 73.1 cm³/mol. The average molecular weight is 272 g/mol. The third kappa shape index (κ3) is 5.31. The van der Waals surface area contributed by atoms with Crippen LogP contribution in [0.3, 0.4) is 0 Å². The lowest BCUT2D eigenvalue weighted by atomic mass is 10.4. The Morgan fingerprint density at radius 2 is 1.78 bits per heavy atom. The van der Waals surface area contributed by atoms with Crippen LogP contribution in [0, 0.1) is 0 Å². The van der Waals surface area contributed by atoms with Gasteiger partial charge in [-0.3, -0.25) is 4.72 Å². The van der Waals surface area contributed by atoms with Crippen LogP contribution < -0.4 is 10.0 Å². The molecule has 0 aliphatic carbocycles. The van der Waals surface area contributed by atoms with Crippen molar-refractivity contribution in [3.05, 3.63) is 12.1 Å². The molecule has 102 valence electrons. The van der Waals surface area contributed by atoms with E-state index in [1.165, 1.54) is 0 Å². The molecule has 1 aromatic rings. The second-order valence-corrected chi connectivity index (χ2v) is 5.85. The van der Waals surface area contributed by atoms with Gasteiger partial charge in [-0.25, -0.2) is 8.42 Å². The minimum Gasteiger partial charge on any atom is -0.369 e. The maximum absolute atomic E-state index is 11.6. The maximum Gasteiger partial charge on any atom is 0.233 e. The molecule has 0 atom stereocenters. The first-order valence-corrected chi connectivity index (χ1v) is 7.80. The van der Waals surface area contributed by atoms with Crippen molar-refractivity contribution >= 4 is 21.7 Å². The molecule has 0 spiro atoms. The summed E-state index contributed by atoms with van der Waals surface area (Å²) in [6.45, 7) is 4.82. The number of sulfonamides is 1. The molecule has 0 saturated carbocycles. The molecule has 2 N–H and O–H groups in total. The zero-order chi connectivity index (χ0) is 13.4. The molecule has 1 rings (SSSR count). The number of nitrogens with one attached hydrogen (secondary N) is 2. The van der Waals surface area contributed by atoms with Crippen LogP contribution in [0.4, 0.5) is 11.6 Å². The van der Waals surface area contributed by atoms with Gasteiger partial charge in [-0.1, -0.05) is 20.3 Å². The van der Waals surface area contributed by atoms with Gasteiger partial charge in [0.25, 0.3) is 0 Å². The van der Waals surface area contributed by atoms with Gasteiger partial charge in [0.2, 0.25) is 10.0 Å². The Balaban J connectivity index is 2.57. The van der Waals surface area contributed by atoms with Gasteiger partial charge in [0, 0.05) is 6.54 Å². The maximum atomic E-state index is 11.6. The zero-order valence-electron chi connectivity index (χ0n) is 10.8. The van der Waals surface area contributed by atoms with E-state index in [1.807, 2.05) is 6.92 Å². The SMILES string of the molecule is CCCCS(=O)(=O)Nc1ccc(NCCC)nn1. The summed E-state index contributed by atoms with van der Waals surface area (Å²) in [5, 5.41) is 10.8. The molecule has 1 heterocycles. The normalized spacial score (nSPS) is 11.2. The number of nitrogens with zero attached hydrogens (tertiary/aromatic N) is 2. The molecule has 0 unspecified atom stereocenters. The molecule has 0 aromatic carbocycles. The summed E-state index contributed by atoms with van der Waals surface area (Å²) in [7, 11) is -3.30. The third-order valence-corrected chi connectivity index (χ3v) is 3.59. The molecular weight excluding hydrogens is 252 g/mol. The Bertz CT molecular complexity index is 445. The molecule has 0 fully saturated rings. The van der Waals surface area contributed by atoms with Crippen LogP contribution in [0.1, 0.15) is 33.1 Å². The number of aromatic nitrogens is 2. The number of anilines is 2. The van der Waals surface area contributed by atoms with Crippen molar-refractivity contribution in [2.45, 2.75) is 33.1 Å². The van der Waals surface area contributed by atoms with Crippen molar-refractivity contribution in [2.75, 3.05) is 22.3 Å². The van der Waals surface area contributed by atoms with E-state index in [0.29, 0.717) is 12.2 Å². The molecule has 0 bridgehead atoms. The van der Waals surface area contributed by atoms with E-state index in [4.69, 9.17) is 0 Å². The highest BCUT2D eigenvalue weighted by molar-refractivity contribution is 7.92. The van der Waals surface area contributed by atoms with Crippen LogP contribution in [-0.2, 0) is 10.0 Å². The third-order valence-electron chi connectivity index (χ3n) is 2.25. The highest BCUT2D eigenvalue weighted by Gasteiger charge is 2.10. The van der Waals surface area contributed by atoms with Crippen molar-refractivity contribution in [3.63, 3.8) is 0 Å². The smallest absolute Gasteiger partial charge is 0.233 e. The van der Waals surface area contributed by atoms with Gasteiger partial charge in [-0.05, 0) is 25.0 Å². The van der Waals surface area contributed by atoms with Gasteiger partial charge in [-0.15, -0.1) is 10.2 Å². The van der Waals surface area contributed by atoms with E-state index in [2.05, 4.69) is 27.2 Å². The lowest BCUT2D eigenvalue weighted by Gasteiger charge is -2.07. The summed E-state index contributed by atoms with van der Waals surface area (Å²) in [5.41, 5.74) is 0. The first kappa shape index (κ1) is 14.7. The van der Waals surface area contributed by atoms with Crippen LogP contribution in [0.5, 0.6) is 0 Å². The Morgan fingerprint density at radius 1 is 1.11 bits per heavy atom. The summed E-state index contributed by atoms with van der Waals surface area (Å²) >= 11 is 0. The Labute approximate surface area is 108 Å². The highest BCUT2D eigenvalue weighted by atomic mass is 32.2. The van der Waals surface area contributed by atoms with Gasteiger partial charge in [0.1, 0.15) is 5.82 Å². The molecule has 0 radical (unpaired) electrons. The summed E-state index contributed by atoms with van der Waals surface area (Å²) in [6.07, 6.45) is 2.47. The lowest BCUT2D eigenvalue weighted by Crippen LogP contribution is -2.17. The fourth-order valence-corrected chi connectivity index (χ4v) is 2.48. The molecular formula is C11H20N4O2S. The summed E-state index contributed by atoms with van der Waals surface area (Å²) < 4.78 is 25.6. The monoisotopic (exact) mass is 272 g/mol. The Morgan fingerprint density at radius 3 is 2.33 bits per heavy atom. The number of rotatable bonds is 8. The standard InChI is InChI=1S/C11H20N4O2S/c1-3-5-9-18(16,17)15-11-7-6-10(13-14-11)12-8-4-2/h6-7H,3-5,8-9H2,1-2H3,(H,12,13)(H,14,15). The number of unbranched alkanes of at least 4 members (excludes halogenated alkanes) is 1. The van der Waals surface area contributed by atoms with Crippen LogP contribution in [-0.4, -0.2) is 30.9 Å². The topological polar surface area (TPSA) is 84.0 Å². The van der Waals surface area contributed by atoms with E-state index < -0.39 is 10.0 Å². The van der Waals surface area contributed by atoms with Crippen LogP contribution in [0.25, 0.3) is 0 Å². The van der Waals surface area contributed by atoms with E-state index >= 15 is 0 Å². The first-order valence-electron chi connectivity index (χ1n) is 6.15. The molecule has 1 aromatic heterocycles. The summed E-state index contributed by atoms with van der Waals surface area (Å²) in [5.74, 6) is 1.02. The molecule has 18 heavy (non-hydrogen) atoms. The molecule has 6 nitrogen and oxygen atoms in total. The fraction of sp³-hybridized carbons (Fsp3) is 0.636. The molecule has 7 heteroatoms. The van der Waals surface area contributed by atoms with Gasteiger partial charge < -0.3 is 5.32 Å². The quantitative estimate of drug-likeness (QED) is 0.754. The van der Waals surface area contributed by atoms with Gasteiger partial charge in [0.05, 0.1) is 5.75 Å². The van der Waals surface area contributed by atoms with E-state index in [1.54, 1.807) is 12.1 Å². The minimum absolute atomic E-state index is 0.112. The Hall–Kier alpha value is -1.37. The second-order valence-electron chi connectivity index (χ2n) is 4.01. The average Bonchev–Trinajstić information content (AvgIpc) is 2.35. The lowest BCUT2D eigenvalue weighted by molar-refractivity contribution is 0.597. The highest BCUT2D eigenvalue weighted by Crippen LogP contribution is 2.08. The van der Waals surface area contributed by atoms with Crippen molar-refractivity contribution in [1.82, 2.24) is 10.2 Å². The van der Waals surface area contributed by atoms with Crippen molar-refractivity contribution < 1.29 is 8.42 Å². The van der Waals surface area contributed by atoms with Crippen LogP contribution in [0.15, 0.2) is 12.1 Å². The second kappa shape index (κ2) is 7.15. The predicted octanol–water partition coefficient (Wildman–Crippen LogP) is 1.84. The van der Waals surface area contributed by atoms with Crippen LogP contribution >= 0.6 is 0 Å². The molecule has 0 amide bonds. The largest absolute Gasteiger partial charge is 0.369 e. The van der Waals surface area contributed by atoms with Crippen molar-refractivity contribution in [1.29, 1.82) is 0 Å². The minimum atomic E-state index is -3.30. The van der Waals surface area contributed by atoms with Gasteiger partial charge in [0.15, 0.2) is 5.82 Å². The first-order chi connectivity index (χ1) is 8.57. The number of hydrogen-bond acceptors (Lipinski definition) is 5. The summed E-state index contributed by atoms with van der Waals surface area (Å²) in [6, 6.07) is 3.31. The Kier molecular flexibility index (Phi) is 5.84. The van der Waals surface area contributed by atoms with Crippen LogP contribution in [0.2, 0.25) is 0 Å². The number of hydrogen-bond donors (Lipinski definition) is 2. The van der Waals surface area contributed by atoms with E-state index in [9.17, 15) is 8.42 Å². The zero-order valence-corrected chi connectivity index (χ0v) is 11.6. The summed E-state index contributed by atoms with van der Waals surface area (Å²) in [4.78, 5) is 0. The van der Waals surface area contributed by atoms with E-state index in [-0.39, 0.29) is 11.6 Å². The van der Waals surface area contributed by atoms with E-state index in [0.717, 1.165) is 19.4 Å². The fourth-order valence-electron chi connectivity index (χ4n) is 1.28. The van der Waals surface area contributed by atoms with Crippen molar-refractivity contribution in [2.24, 2.45) is 0 Å². The van der Waals surface area contributed by atoms with Gasteiger partial charge >= 0.3 is 0 Å². The van der Waals surface area contributed by atoms with Crippen molar-refractivity contribution in [3.8, 4) is 0 Å². The molecule has 0 saturated heterocycles. The molecule has 0 aliphatic rings.